The van der Waals surface area contributed by atoms with Gasteiger partial charge in [-0.2, -0.15) is 10.5 Å². The highest BCUT2D eigenvalue weighted by molar-refractivity contribution is 6.00. The number of pyridine rings is 1. The summed E-state index contributed by atoms with van der Waals surface area (Å²) < 4.78 is 5.93. The molecule has 0 amide bonds. The number of Topliss-reactive ketones (excluding diaryl/α,β-unsaturated/α-hetero) is 1. The molecule has 5 heteroatoms. The SMILES string of the molecule is CC1(C)CC(=O)C2=C(C1)OC(c1cccnc1)C2(C#N)C#N. The number of hydrogen-bond acceptors (Lipinski definition) is 5. The smallest absolute Gasteiger partial charge is 0.215 e. The van der Waals surface area contributed by atoms with Crippen molar-refractivity contribution in [1.29, 1.82) is 10.5 Å². The molecule has 110 valence electrons. The predicted molar refractivity (Wildman–Crippen MR) is 76.8 cm³/mol. The zero-order chi connectivity index (χ0) is 16.0. The summed E-state index contributed by atoms with van der Waals surface area (Å²) in [7, 11) is 0. The van der Waals surface area contributed by atoms with Gasteiger partial charge < -0.3 is 4.74 Å². The van der Waals surface area contributed by atoms with E-state index in [1.54, 1.807) is 24.5 Å². The maximum absolute atomic E-state index is 12.5. The summed E-state index contributed by atoms with van der Waals surface area (Å²) in [5.74, 6) is 0.318. The largest absolute Gasteiger partial charge is 0.486 e. The van der Waals surface area contributed by atoms with Gasteiger partial charge in [-0.05, 0) is 11.5 Å². The molecule has 1 unspecified atom stereocenters. The number of aromatic nitrogens is 1. The molecule has 1 aliphatic carbocycles. The predicted octanol–water partition coefficient (Wildman–Crippen LogP) is 2.83. The number of ketones is 1. The minimum atomic E-state index is -1.59. The van der Waals surface area contributed by atoms with Crippen molar-refractivity contribution >= 4 is 5.78 Å². The van der Waals surface area contributed by atoms with Gasteiger partial charge in [0, 0.05) is 30.8 Å². The van der Waals surface area contributed by atoms with E-state index in [0.29, 0.717) is 24.2 Å². The monoisotopic (exact) mass is 293 g/mol. The lowest BCUT2D eigenvalue weighted by atomic mass is 9.68. The lowest BCUT2D eigenvalue weighted by Crippen LogP contribution is -2.32. The van der Waals surface area contributed by atoms with Gasteiger partial charge in [-0.1, -0.05) is 19.9 Å². The number of carbonyl (C=O) groups excluding carboxylic acids is 1. The molecule has 5 nitrogen and oxygen atoms in total. The van der Waals surface area contributed by atoms with Gasteiger partial charge in [0.25, 0.3) is 0 Å². The molecule has 3 rings (SSSR count). The van der Waals surface area contributed by atoms with Gasteiger partial charge in [-0.15, -0.1) is 0 Å². The Labute approximate surface area is 128 Å². The first-order valence-corrected chi connectivity index (χ1v) is 7.09. The summed E-state index contributed by atoms with van der Waals surface area (Å²) in [5.41, 5.74) is -0.946. The quantitative estimate of drug-likeness (QED) is 0.794. The highest BCUT2D eigenvalue weighted by atomic mass is 16.5. The minimum Gasteiger partial charge on any atom is -0.486 e. The second kappa shape index (κ2) is 4.68. The number of ether oxygens (including phenoxy) is 1. The Balaban J connectivity index is 2.15. The molecule has 1 aliphatic heterocycles. The number of carbonyl (C=O) groups is 1. The average molecular weight is 293 g/mol. The molecular formula is C17H15N3O2. The molecule has 0 saturated carbocycles. The highest BCUT2D eigenvalue weighted by Gasteiger charge is 2.58. The van der Waals surface area contributed by atoms with Crippen molar-refractivity contribution in [2.24, 2.45) is 10.8 Å². The second-order valence-corrected chi connectivity index (χ2v) is 6.55. The van der Waals surface area contributed by atoms with Gasteiger partial charge in [0.15, 0.2) is 11.9 Å². The zero-order valence-corrected chi connectivity index (χ0v) is 12.5. The van der Waals surface area contributed by atoms with E-state index in [1.165, 1.54) is 0 Å². The molecule has 1 aromatic heterocycles. The lowest BCUT2D eigenvalue weighted by molar-refractivity contribution is -0.118. The Hall–Kier alpha value is -2.66. The van der Waals surface area contributed by atoms with Crippen molar-refractivity contribution in [3.8, 4) is 12.1 Å². The fraction of sp³-hybridized carbons (Fsp3) is 0.412. The third kappa shape index (κ3) is 1.90. The van der Waals surface area contributed by atoms with Crippen LogP contribution in [0.2, 0.25) is 0 Å². The molecule has 0 fully saturated rings. The summed E-state index contributed by atoms with van der Waals surface area (Å²) in [6.07, 6.45) is 3.25. The van der Waals surface area contributed by atoms with Crippen LogP contribution in [0.25, 0.3) is 0 Å². The third-order valence-corrected chi connectivity index (χ3v) is 4.22. The topological polar surface area (TPSA) is 86.8 Å². The van der Waals surface area contributed by atoms with E-state index in [9.17, 15) is 15.3 Å². The highest BCUT2D eigenvalue weighted by Crippen LogP contribution is 2.55. The number of nitrogens with zero attached hydrogens (tertiary/aromatic N) is 3. The van der Waals surface area contributed by atoms with Gasteiger partial charge in [0.2, 0.25) is 5.41 Å². The molecule has 0 N–H and O–H groups in total. The van der Waals surface area contributed by atoms with Crippen LogP contribution in [0, 0.1) is 33.5 Å². The van der Waals surface area contributed by atoms with Crippen LogP contribution in [0.4, 0.5) is 0 Å². The van der Waals surface area contributed by atoms with E-state index in [-0.39, 0.29) is 16.8 Å². The Morgan fingerprint density at radius 2 is 2.05 bits per heavy atom. The Morgan fingerprint density at radius 1 is 1.32 bits per heavy atom. The number of rotatable bonds is 1. The molecule has 2 heterocycles. The maximum Gasteiger partial charge on any atom is 0.215 e. The Morgan fingerprint density at radius 3 is 2.64 bits per heavy atom. The van der Waals surface area contributed by atoms with E-state index < -0.39 is 11.5 Å². The molecule has 22 heavy (non-hydrogen) atoms. The first kappa shape index (κ1) is 14.3. The summed E-state index contributed by atoms with van der Waals surface area (Å²) in [6.45, 7) is 3.96. The van der Waals surface area contributed by atoms with Gasteiger partial charge >= 0.3 is 0 Å². The minimum absolute atomic E-state index is 0.166. The van der Waals surface area contributed by atoms with Crippen LogP contribution in [0.5, 0.6) is 0 Å². The van der Waals surface area contributed by atoms with Crippen molar-refractivity contribution in [1.82, 2.24) is 4.98 Å². The Bertz CT molecular complexity index is 736. The van der Waals surface area contributed by atoms with E-state index in [1.807, 2.05) is 26.0 Å². The van der Waals surface area contributed by atoms with Crippen molar-refractivity contribution in [3.05, 3.63) is 41.4 Å². The third-order valence-electron chi connectivity index (χ3n) is 4.22. The van der Waals surface area contributed by atoms with E-state index >= 15 is 0 Å². The molecule has 0 saturated heterocycles. The van der Waals surface area contributed by atoms with Crippen LogP contribution < -0.4 is 0 Å². The Kier molecular flexibility index (Phi) is 3.04. The standard InChI is InChI=1S/C17H15N3O2/c1-16(2)6-12(21)14-13(7-16)22-15(17(14,9-18)10-19)11-4-3-5-20-8-11/h3-5,8,15H,6-7H2,1-2H3. The van der Waals surface area contributed by atoms with Crippen molar-refractivity contribution < 1.29 is 9.53 Å². The number of nitriles is 2. The molecule has 0 aromatic carbocycles. The fourth-order valence-corrected chi connectivity index (χ4v) is 3.27. The molecule has 0 bridgehead atoms. The van der Waals surface area contributed by atoms with Crippen molar-refractivity contribution in [2.45, 2.75) is 32.8 Å². The van der Waals surface area contributed by atoms with Crippen LogP contribution in [0.3, 0.4) is 0 Å². The number of allylic oxidation sites excluding steroid dienone is 1. The maximum atomic E-state index is 12.5. The van der Waals surface area contributed by atoms with Crippen LogP contribution in [-0.4, -0.2) is 10.8 Å². The first-order valence-electron chi connectivity index (χ1n) is 7.09. The van der Waals surface area contributed by atoms with Gasteiger partial charge in [-0.25, -0.2) is 0 Å². The summed E-state index contributed by atoms with van der Waals surface area (Å²) in [6, 6.07) is 7.56. The van der Waals surface area contributed by atoms with Gasteiger partial charge in [0.05, 0.1) is 17.7 Å². The molecule has 2 aliphatic rings. The molecule has 1 aromatic rings. The second-order valence-electron chi connectivity index (χ2n) is 6.55. The van der Waals surface area contributed by atoms with Gasteiger partial charge in [0.1, 0.15) is 5.76 Å². The van der Waals surface area contributed by atoms with Crippen molar-refractivity contribution in [2.75, 3.05) is 0 Å². The summed E-state index contributed by atoms with van der Waals surface area (Å²) in [5, 5.41) is 19.4. The van der Waals surface area contributed by atoms with Crippen LogP contribution in [0.1, 0.15) is 38.4 Å². The first-order chi connectivity index (χ1) is 10.4. The summed E-state index contributed by atoms with van der Waals surface area (Å²) >= 11 is 0. The normalized spacial score (nSPS) is 24.9. The average Bonchev–Trinajstić information content (AvgIpc) is 2.81. The van der Waals surface area contributed by atoms with E-state index in [4.69, 9.17) is 4.74 Å². The van der Waals surface area contributed by atoms with Crippen molar-refractivity contribution in [3.63, 3.8) is 0 Å². The summed E-state index contributed by atoms with van der Waals surface area (Å²) in [4.78, 5) is 16.6. The van der Waals surface area contributed by atoms with Crippen LogP contribution in [0.15, 0.2) is 35.9 Å². The molecular weight excluding hydrogens is 278 g/mol. The van der Waals surface area contributed by atoms with Crippen LogP contribution in [-0.2, 0) is 9.53 Å². The molecule has 0 spiro atoms. The lowest BCUT2D eigenvalue weighted by Gasteiger charge is -2.29. The van der Waals surface area contributed by atoms with Gasteiger partial charge in [-0.3, -0.25) is 9.78 Å². The zero-order valence-electron chi connectivity index (χ0n) is 12.5. The molecule has 0 radical (unpaired) electrons. The molecule has 1 atom stereocenters. The van der Waals surface area contributed by atoms with Crippen LogP contribution >= 0.6 is 0 Å². The fourth-order valence-electron chi connectivity index (χ4n) is 3.27. The van der Waals surface area contributed by atoms with E-state index in [2.05, 4.69) is 4.98 Å². The number of hydrogen-bond donors (Lipinski definition) is 0. The van der Waals surface area contributed by atoms with E-state index in [0.717, 1.165) is 0 Å².